The lowest BCUT2D eigenvalue weighted by atomic mass is 9.86. The largest absolute Gasteiger partial charge is 0.481 e. The van der Waals surface area contributed by atoms with E-state index in [1.54, 1.807) is 17.4 Å². The molecule has 1 N–H and O–H groups in total. The minimum Gasteiger partial charge on any atom is -0.481 e. The average Bonchev–Trinajstić information content (AvgIpc) is 3.10. The highest BCUT2D eigenvalue weighted by atomic mass is 16.4. The normalized spacial score (nSPS) is 27.6. The highest BCUT2D eigenvalue weighted by Gasteiger charge is 2.47. The van der Waals surface area contributed by atoms with Crippen LogP contribution in [0.2, 0.25) is 0 Å². The average molecular weight is 263 g/mol. The van der Waals surface area contributed by atoms with Crippen LogP contribution in [0.3, 0.4) is 0 Å². The third kappa shape index (κ3) is 2.01. The minimum atomic E-state index is -0.829. The van der Waals surface area contributed by atoms with Crippen LogP contribution >= 0.6 is 0 Å². The monoisotopic (exact) mass is 263 g/mol. The number of carbonyl (C=O) groups is 2. The molecule has 3 rings (SSSR count). The van der Waals surface area contributed by atoms with Crippen LogP contribution in [-0.4, -0.2) is 37.5 Å². The molecule has 2 aliphatic rings. The lowest BCUT2D eigenvalue weighted by molar-refractivity contribution is -0.152. The van der Waals surface area contributed by atoms with Gasteiger partial charge in [-0.3, -0.25) is 9.59 Å². The van der Waals surface area contributed by atoms with E-state index in [4.69, 9.17) is 0 Å². The van der Waals surface area contributed by atoms with Crippen LogP contribution in [0.4, 0.5) is 0 Å². The molecule has 1 saturated heterocycles. The lowest BCUT2D eigenvalue weighted by Gasteiger charge is -2.39. The Labute approximate surface area is 111 Å². The van der Waals surface area contributed by atoms with Crippen LogP contribution in [0.15, 0.2) is 12.5 Å². The second kappa shape index (κ2) is 4.36. The molecule has 0 bridgehead atoms. The van der Waals surface area contributed by atoms with Crippen LogP contribution in [0.25, 0.3) is 0 Å². The first-order chi connectivity index (χ1) is 9.09. The van der Waals surface area contributed by atoms with E-state index in [2.05, 4.69) is 4.98 Å². The fraction of sp³-hybridized carbons (Fsp3) is 0.615. The molecule has 1 aromatic rings. The van der Waals surface area contributed by atoms with Crippen LogP contribution in [-0.2, 0) is 16.6 Å². The smallest absolute Gasteiger partial charge is 0.309 e. The standard InChI is InChI=1S/C13H17N3O3/c1-15-7-14-6-10(15)12-9(13(18)19)4-5-11(17)16(12)8-2-3-8/h6-9,12H,2-5H2,1H3,(H,18,19)/t9-,12-/m0/s1. The van der Waals surface area contributed by atoms with E-state index in [0.717, 1.165) is 18.5 Å². The third-order valence-corrected chi connectivity index (χ3v) is 4.05. The zero-order chi connectivity index (χ0) is 13.6. The first kappa shape index (κ1) is 12.2. The van der Waals surface area contributed by atoms with Gasteiger partial charge >= 0.3 is 5.97 Å². The van der Waals surface area contributed by atoms with Crippen molar-refractivity contribution in [1.82, 2.24) is 14.5 Å². The van der Waals surface area contributed by atoms with Gasteiger partial charge in [0.05, 0.1) is 30.2 Å². The van der Waals surface area contributed by atoms with Gasteiger partial charge in [0.15, 0.2) is 0 Å². The molecule has 2 heterocycles. The second-order valence-corrected chi connectivity index (χ2v) is 5.39. The molecule has 102 valence electrons. The summed E-state index contributed by atoms with van der Waals surface area (Å²) in [7, 11) is 1.84. The van der Waals surface area contributed by atoms with E-state index < -0.39 is 11.9 Å². The Bertz CT molecular complexity index is 521. The van der Waals surface area contributed by atoms with Crippen molar-refractivity contribution in [2.75, 3.05) is 0 Å². The summed E-state index contributed by atoms with van der Waals surface area (Å²) in [6, 6.07) is -0.159. The van der Waals surface area contributed by atoms with Gasteiger partial charge in [-0.2, -0.15) is 0 Å². The first-order valence-electron chi connectivity index (χ1n) is 6.59. The summed E-state index contributed by atoms with van der Waals surface area (Å²) in [6.45, 7) is 0. The van der Waals surface area contributed by atoms with Gasteiger partial charge in [-0.25, -0.2) is 4.98 Å². The number of hydrogen-bond acceptors (Lipinski definition) is 3. The summed E-state index contributed by atoms with van der Waals surface area (Å²) < 4.78 is 1.81. The summed E-state index contributed by atoms with van der Waals surface area (Å²) in [5.41, 5.74) is 0.812. The van der Waals surface area contributed by atoms with Crippen LogP contribution in [0.5, 0.6) is 0 Å². The quantitative estimate of drug-likeness (QED) is 0.880. The summed E-state index contributed by atoms with van der Waals surface area (Å²) >= 11 is 0. The van der Waals surface area contributed by atoms with Crippen molar-refractivity contribution in [3.63, 3.8) is 0 Å². The van der Waals surface area contributed by atoms with E-state index in [9.17, 15) is 14.7 Å². The van der Waals surface area contributed by atoms with E-state index >= 15 is 0 Å². The Morgan fingerprint density at radius 1 is 1.42 bits per heavy atom. The predicted molar refractivity (Wildman–Crippen MR) is 66.2 cm³/mol. The van der Waals surface area contributed by atoms with Gasteiger partial charge in [-0.05, 0) is 19.3 Å². The second-order valence-electron chi connectivity index (χ2n) is 5.39. The number of imidazole rings is 1. The summed E-state index contributed by atoms with van der Waals surface area (Å²) in [6.07, 6.45) is 6.03. The van der Waals surface area contributed by atoms with Crippen molar-refractivity contribution >= 4 is 11.9 Å². The summed E-state index contributed by atoms with van der Waals surface area (Å²) in [5, 5.41) is 9.44. The number of carboxylic acid groups (broad SMARTS) is 1. The Kier molecular flexibility index (Phi) is 2.80. The molecule has 0 spiro atoms. The molecule has 6 heteroatoms. The fourth-order valence-corrected chi connectivity index (χ4v) is 2.96. The Hall–Kier alpha value is -1.85. The van der Waals surface area contributed by atoms with Crippen molar-refractivity contribution in [3.8, 4) is 0 Å². The fourth-order valence-electron chi connectivity index (χ4n) is 2.96. The van der Waals surface area contributed by atoms with Gasteiger partial charge in [0.2, 0.25) is 5.91 Å². The van der Waals surface area contributed by atoms with Crippen molar-refractivity contribution < 1.29 is 14.7 Å². The minimum absolute atomic E-state index is 0.0752. The molecule has 0 aromatic carbocycles. The number of rotatable bonds is 3. The maximum absolute atomic E-state index is 12.2. The molecule has 1 amide bonds. The number of likely N-dealkylation sites (tertiary alicyclic amines) is 1. The van der Waals surface area contributed by atoms with Gasteiger partial charge in [0.25, 0.3) is 0 Å². The zero-order valence-electron chi connectivity index (χ0n) is 10.8. The van der Waals surface area contributed by atoms with Crippen LogP contribution < -0.4 is 0 Å². The molecule has 2 fully saturated rings. The van der Waals surface area contributed by atoms with E-state index in [1.807, 2.05) is 11.6 Å². The number of carboxylic acids is 1. The SMILES string of the molecule is Cn1cncc1[C@@H]1[C@@H](C(=O)O)CCC(=O)N1C1CC1. The highest BCUT2D eigenvalue weighted by Crippen LogP contribution is 2.43. The van der Waals surface area contributed by atoms with Crippen molar-refractivity contribution in [2.45, 2.75) is 37.8 Å². The topological polar surface area (TPSA) is 75.4 Å². The van der Waals surface area contributed by atoms with Gasteiger partial charge < -0.3 is 14.6 Å². The molecule has 1 aliphatic heterocycles. The molecule has 1 aromatic heterocycles. The van der Waals surface area contributed by atoms with E-state index in [0.29, 0.717) is 12.8 Å². The van der Waals surface area contributed by atoms with Gasteiger partial charge in [-0.15, -0.1) is 0 Å². The molecule has 0 radical (unpaired) electrons. The highest BCUT2D eigenvalue weighted by molar-refractivity contribution is 5.82. The van der Waals surface area contributed by atoms with E-state index in [1.165, 1.54) is 0 Å². The first-order valence-corrected chi connectivity index (χ1v) is 6.59. The van der Waals surface area contributed by atoms with Gasteiger partial charge in [0.1, 0.15) is 0 Å². The molecular weight excluding hydrogens is 246 g/mol. The zero-order valence-corrected chi connectivity index (χ0v) is 10.8. The maximum Gasteiger partial charge on any atom is 0.309 e. The van der Waals surface area contributed by atoms with Crippen molar-refractivity contribution in [3.05, 3.63) is 18.2 Å². The lowest BCUT2D eigenvalue weighted by Crippen LogP contribution is -2.47. The van der Waals surface area contributed by atoms with Crippen molar-refractivity contribution in [1.29, 1.82) is 0 Å². The van der Waals surface area contributed by atoms with Crippen LogP contribution in [0, 0.1) is 5.92 Å². The number of piperidine rings is 1. The summed E-state index contributed by atoms with van der Waals surface area (Å²) in [5.74, 6) is -1.29. The molecular formula is C13H17N3O3. The van der Waals surface area contributed by atoms with Crippen LogP contribution in [0.1, 0.15) is 37.4 Å². The number of amides is 1. The number of hydrogen-bond donors (Lipinski definition) is 1. The molecule has 2 atom stereocenters. The Morgan fingerprint density at radius 3 is 2.68 bits per heavy atom. The molecule has 0 unspecified atom stereocenters. The van der Waals surface area contributed by atoms with E-state index in [-0.39, 0.29) is 18.0 Å². The Balaban J connectivity index is 2.02. The van der Waals surface area contributed by atoms with Gasteiger partial charge in [-0.1, -0.05) is 0 Å². The number of aliphatic carboxylic acids is 1. The third-order valence-electron chi connectivity index (χ3n) is 4.05. The predicted octanol–water partition coefficient (Wildman–Crippen LogP) is 0.947. The number of aryl methyl sites for hydroxylation is 1. The van der Waals surface area contributed by atoms with Crippen molar-refractivity contribution in [2.24, 2.45) is 13.0 Å². The maximum atomic E-state index is 12.2. The molecule has 1 aliphatic carbocycles. The molecule has 19 heavy (non-hydrogen) atoms. The number of carbonyl (C=O) groups excluding carboxylic acids is 1. The number of aromatic nitrogens is 2. The number of nitrogens with zero attached hydrogens (tertiary/aromatic N) is 3. The van der Waals surface area contributed by atoms with Gasteiger partial charge in [0, 0.05) is 19.5 Å². The molecule has 6 nitrogen and oxygen atoms in total. The molecule has 1 saturated carbocycles. The summed E-state index contributed by atoms with van der Waals surface area (Å²) in [4.78, 5) is 29.5. The Morgan fingerprint density at radius 2 is 2.16 bits per heavy atom.